The number of piperidine rings is 1. The molecule has 0 unspecified atom stereocenters. The molecule has 3 aromatic rings. The summed E-state index contributed by atoms with van der Waals surface area (Å²) in [7, 11) is -3.66. The van der Waals surface area contributed by atoms with E-state index in [1.165, 1.54) is 30.0 Å². The van der Waals surface area contributed by atoms with Crippen LogP contribution in [0.2, 0.25) is 0 Å². The van der Waals surface area contributed by atoms with Crippen LogP contribution in [0.5, 0.6) is 5.75 Å². The van der Waals surface area contributed by atoms with E-state index in [0.717, 1.165) is 18.4 Å². The first-order valence-electron chi connectivity index (χ1n) is 10.8. The molecule has 1 amide bonds. The molecule has 1 aromatic heterocycles. The normalized spacial score (nSPS) is 15.2. The van der Waals surface area contributed by atoms with Crippen LogP contribution in [0.25, 0.3) is 6.08 Å². The lowest BCUT2D eigenvalue weighted by atomic mass is 9.89. The number of carbonyl (C=O) groups is 1. The van der Waals surface area contributed by atoms with Crippen molar-refractivity contribution in [1.82, 2.24) is 9.62 Å². The quantitative estimate of drug-likeness (QED) is 0.515. The molecule has 8 heteroatoms. The van der Waals surface area contributed by atoms with Gasteiger partial charge in [-0.15, -0.1) is 0 Å². The molecule has 1 fully saturated rings. The fraction of sp³-hybridized carbons (Fsp3) is 0.240. The van der Waals surface area contributed by atoms with Crippen LogP contribution in [-0.2, 0) is 21.4 Å². The van der Waals surface area contributed by atoms with E-state index in [2.05, 4.69) is 4.72 Å². The predicted octanol–water partition coefficient (Wildman–Crippen LogP) is 3.88. The van der Waals surface area contributed by atoms with E-state index in [4.69, 9.17) is 4.42 Å². The minimum Gasteiger partial charge on any atom is -0.508 e. The van der Waals surface area contributed by atoms with Gasteiger partial charge in [-0.25, -0.2) is 13.1 Å². The summed E-state index contributed by atoms with van der Waals surface area (Å²) in [5.74, 6) is 1.11. The standard InChI is InChI=1S/C25H26N2O5S/c28-22-8-6-20(7-9-22)21-13-15-27(16-14-21)25(29)12-5-19-3-10-24(11-4-19)33(30,31)26-18-23-2-1-17-32-23/h1-12,17,21,26,28H,13-16,18H2/b12-5+. The van der Waals surface area contributed by atoms with Crippen molar-refractivity contribution in [2.75, 3.05) is 13.1 Å². The van der Waals surface area contributed by atoms with Crippen LogP contribution in [0.3, 0.4) is 0 Å². The third-order valence-electron chi connectivity index (χ3n) is 5.80. The van der Waals surface area contributed by atoms with E-state index >= 15 is 0 Å². The summed E-state index contributed by atoms with van der Waals surface area (Å²) in [6.07, 6.45) is 6.47. The lowest BCUT2D eigenvalue weighted by Crippen LogP contribution is -2.36. The number of nitrogens with zero attached hydrogens (tertiary/aromatic N) is 1. The molecular formula is C25H26N2O5S. The van der Waals surface area contributed by atoms with Crippen molar-refractivity contribution in [1.29, 1.82) is 0 Å². The number of hydrogen-bond acceptors (Lipinski definition) is 5. The maximum atomic E-state index is 12.6. The van der Waals surface area contributed by atoms with Gasteiger partial charge in [0, 0.05) is 19.2 Å². The van der Waals surface area contributed by atoms with Crippen molar-refractivity contribution < 1.29 is 22.7 Å². The van der Waals surface area contributed by atoms with Crippen molar-refractivity contribution in [3.8, 4) is 5.75 Å². The second kappa shape index (κ2) is 10.1. The molecule has 1 aliphatic heterocycles. The molecular weight excluding hydrogens is 440 g/mol. The summed E-state index contributed by atoms with van der Waals surface area (Å²) in [5.41, 5.74) is 1.93. The van der Waals surface area contributed by atoms with Gasteiger partial charge in [-0.1, -0.05) is 24.3 Å². The number of benzene rings is 2. The summed E-state index contributed by atoms with van der Waals surface area (Å²) in [5, 5.41) is 9.44. The maximum Gasteiger partial charge on any atom is 0.246 e. The van der Waals surface area contributed by atoms with Crippen LogP contribution in [0.15, 0.2) is 82.3 Å². The van der Waals surface area contributed by atoms with Gasteiger partial charge < -0.3 is 14.4 Å². The van der Waals surface area contributed by atoms with Crippen molar-refractivity contribution in [2.45, 2.75) is 30.2 Å². The highest BCUT2D eigenvalue weighted by Crippen LogP contribution is 2.29. The van der Waals surface area contributed by atoms with Crippen molar-refractivity contribution >= 4 is 22.0 Å². The van der Waals surface area contributed by atoms with E-state index in [1.54, 1.807) is 42.5 Å². The van der Waals surface area contributed by atoms with Gasteiger partial charge in [0.1, 0.15) is 11.5 Å². The minimum atomic E-state index is -3.66. The number of rotatable bonds is 7. The number of nitrogens with one attached hydrogen (secondary N) is 1. The van der Waals surface area contributed by atoms with E-state index in [-0.39, 0.29) is 23.1 Å². The van der Waals surface area contributed by atoms with Gasteiger partial charge in [-0.2, -0.15) is 0 Å². The second-order valence-electron chi connectivity index (χ2n) is 8.00. The first-order valence-corrected chi connectivity index (χ1v) is 12.3. The number of sulfonamides is 1. The fourth-order valence-corrected chi connectivity index (χ4v) is 4.87. The number of phenolic OH excluding ortho intramolecular Hbond substituents is 1. The highest BCUT2D eigenvalue weighted by molar-refractivity contribution is 7.89. The molecule has 2 aromatic carbocycles. The molecule has 0 aliphatic carbocycles. The number of likely N-dealkylation sites (tertiary alicyclic amines) is 1. The molecule has 2 heterocycles. The van der Waals surface area contributed by atoms with Crippen LogP contribution in [-0.4, -0.2) is 37.4 Å². The molecule has 1 saturated heterocycles. The van der Waals surface area contributed by atoms with E-state index in [0.29, 0.717) is 24.8 Å². The third-order valence-corrected chi connectivity index (χ3v) is 7.21. The highest BCUT2D eigenvalue weighted by Gasteiger charge is 2.22. The fourth-order valence-electron chi connectivity index (χ4n) is 3.87. The summed E-state index contributed by atoms with van der Waals surface area (Å²) < 4.78 is 32.5. The average molecular weight is 467 g/mol. The average Bonchev–Trinajstić information content (AvgIpc) is 3.36. The molecule has 0 saturated carbocycles. The Hall–Kier alpha value is -3.36. The molecule has 0 spiro atoms. The van der Waals surface area contributed by atoms with Crippen LogP contribution >= 0.6 is 0 Å². The van der Waals surface area contributed by atoms with Gasteiger partial charge in [0.25, 0.3) is 0 Å². The summed E-state index contributed by atoms with van der Waals surface area (Å²) in [6, 6.07) is 17.0. The molecule has 33 heavy (non-hydrogen) atoms. The van der Waals surface area contributed by atoms with Crippen LogP contribution in [0.1, 0.15) is 35.6 Å². The van der Waals surface area contributed by atoms with E-state index in [9.17, 15) is 18.3 Å². The van der Waals surface area contributed by atoms with Gasteiger partial charge in [0.15, 0.2) is 0 Å². The van der Waals surface area contributed by atoms with Gasteiger partial charge in [-0.3, -0.25) is 4.79 Å². The Labute approximate surface area is 193 Å². The van der Waals surface area contributed by atoms with Crippen LogP contribution < -0.4 is 4.72 Å². The molecule has 4 rings (SSSR count). The number of amides is 1. The second-order valence-corrected chi connectivity index (χ2v) is 9.76. The van der Waals surface area contributed by atoms with Crippen LogP contribution in [0.4, 0.5) is 0 Å². The Bertz CT molecular complexity index is 1190. The molecule has 0 atom stereocenters. The Kier molecular flexibility index (Phi) is 6.96. The first kappa shape index (κ1) is 22.8. The lowest BCUT2D eigenvalue weighted by molar-refractivity contribution is -0.126. The van der Waals surface area contributed by atoms with Crippen molar-refractivity contribution in [3.63, 3.8) is 0 Å². The number of hydrogen-bond donors (Lipinski definition) is 2. The van der Waals surface area contributed by atoms with Gasteiger partial charge in [-0.05, 0) is 72.4 Å². The number of furan rings is 1. The highest BCUT2D eigenvalue weighted by atomic mass is 32.2. The van der Waals surface area contributed by atoms with Gasteiger partial charge in [0.05, 0.1) is 17.7 Å². The first-order chi connectivity index (χ1) is 15.9. The Morgan fingerprint density at radius 2 is 1.76 bits per heavy atom. The molecule has 1 aliphatic rings. The van der Waals surface area contributed by atoms with E-state index in [1.807, 2.05) is 17.0 Å². The minimum absolute atomic E-state index is 0.0593. The lowest BCUT2D eigenvalue weighted by Gasteiger charge is -2.31. The zero-order valence-corrected chi connectivity index (χ0v) is 18.9. The topological polar surface area (TPSA) is 99.8 Å². The predicted molar refractivity (Wildman–Crippen MR) is 125 cm³/mol. The Morgan fingerprint density at radius 1 is 1.06 bits per heavy atom. The molecule has 0 bridgehead atoms. The number of carbonyl (C=O) groups excluding carboxylic acids is 1. The third kappa shape index (κ3) is 5.91. The molecule has 7 nitrogen and oxygen atoms in total. The SMILES string of the molecule is O=C(/C=C/c1ccc(S(=O)(=O)NCc2ccco2)cc1)N1CCC(c2ccc(O)cc2)CC1. The molecule has 2 N–H and O–H groups in total. The maximum absolute atomic E-state index is 12.6. The summed E-state index contributed by atoms with van der Waals surface area (Å²) in [4.78, 5) is 14.5. The van der Waals surface area contributed by atoms with E-state index < -0.39 is 10.0 Å². The van der Waals surface area contributed by atoms with Gasteiger partial charge in [0.2, 0.25) is 15.9 Å². The van der Waals surface area contributed by atoms with Crippen LogP contribution in [0, 0.1) is 0 Å². The van der Waals surface area contributed by atoms with Crippen molar-refractivity contribution in [3.05, 3.63) is 89.9 Å². The molecule has 172 valence electrons. The van der Waals surface area contributed by atoms with Crippen molar-refractivity contribution in [2.24, 2.45) is 0 Å². The zero-order valence-electron chi connectivity index (χ0n) is 18.1. The Balaban J connectivity index is 1.29. The summed E-state index contributed by atoms with van der Waals surface area (Å²) >= 11 is 0. The largest absolute Gasteiger partial charge is 0.508 e. The van der Waals surface area contributed by atoms with Gasteiger partial charge >= 0.3 is 0 Å². The molecule has 0 radical (unpaired) electrons. The monoisotopic (exact) mass is 466 g/mol. The summed E-state index contributed by atoms with van der Waals surface area (Å²) in [6.45, 7) is 1.43. The number of phenols is 1. The number of aromatic hydroxyl groups is 1. The zero-order chi connectivity index (χ0) is 23.3. The smallest absolute Gasteiger partial charge is 0.246 e. The Morgan fingerprint density at radius 3 is 2.39 bits per heavy atom.